The van der Waals surface area contributed by atoms with Gasteiger partial charge in [0.15, 0.2) is 0 Å². The summed E-state index contributed by atoms with van der Waals surface area (Å²) in [6.45, 7) is 11.3. The largest absolute Gasteiger partial charge is 0.444 e. The monoisotopic (exact) mass is 669 g/mol. The quantitative estimate of drug-likeness (QED) is 0.303. The molecular formula is C34H47N5O7S. The number of amides is 4. The Balaban J connectivity index is 1.20. The lowest BCUT2D eigenvalue weighted by atomic mass is 9.85. The van der Waals surface area contributed by atoms with Gasteiger partial charge in [0, 0.05) is 25.4 Å². The highest BCUT2D eigenvalue weighted by Gasteiger charge is 2.62. The standard InChI is InChI=1S/C34H47N5O7S/c1-5-24-17-34(24,31(42)37-47(44,45)26-12-13-26)36-29(40)27-16-25(46-32(43)38-15-14-22-8-6-7-9-23(22)19-38)20-39(27)30(41)28(33(2,3)4)35-18-21-10-11-21/h5-9,21,24-28,35H,1,10-20H2,2-4H3,(H,36,40)(H,37,42). The zero-order valence-electron chi connectivity index (χ0n) is 27.5. The maximum atomic E-state index is 14.3. The number of benzene rings is 1. The van der Waals surface area contributed by atoms with Gasteiger partial charge in [-0.15, -0.1) is 6.58 Å². The van der Waals surface area contributed by atoms with Crippen LogP contribution in [-0.4, -0.2) is 90.6 Å². The first-order chi connectivity index (χ1) is 22.2. The Kier molecular flexibility index (Phi) is 8.92. The van der Waals surface area contributed by atoms with Crippen LogP contribution in [0.3, 0.4) is 0 Å². The lowest BCUT2D eigenvalue weighted by Gasteiger charge is -2.36. The number of nitrogens with one attached hydrogen (secondary N) is 3. The van der Waals surface area contributed by atoms with Gasteiger partial charge in [0.1, 0.15) is 17.7 Å². The molecule has 3 N–H and O–H groups in total. The summed E-state index contributed by atoms with van der Waals surface area (Å²) in [4.78, 5) is 58.2. The topological polar surface area (TPSA) is 154 Å². The molecule has 47 heavy (non-hydrogen) atoms. The molecule has 4 fully saturated rings. The first kappa shape index (κ1) is 33.5. The molecule has 5 atom stereocenters. The van der Waals surface area contributed by atoms with E-state index in [1.165, 1.54) is 16.5 Å². The number of carbonyl (C=O) groups is 4. The number of hydrogen-bond donors (Lipinski definition) is 3. The van der Waals surface area contributed by atoms with Gasteiger partial charge in [-0.3, -0.25) is 19.1 Å². The highest BCUT2D eigenvalue weighted by Crippen LogP contribution is 2.45. The van der Waals surface area contributed by atoms with Crippen LogP contribution in [0.5, 0.6) is 0 Å². The van der Waals surface area contributed by atoms with E-state index in [-0.39, 0.29) is 25.3 Å². The minimum Gasteiger partial charge on any atom is -0.444 e. The zero-order chi connectivity index (χ0) is 33.7. The van der Waals surface area contributed by atoms with Crippen molar-refractivity contribution in [3.63, 3.8) is 0 Å². The van der Waals surface area contributed by atoms with E-state index in [1.807, 2.05) is 39.0 Å². The van der Waals surface area contributed by atoms with Gasteiger partial charge in [0.25, 0.3) is 5.91 Å². The summed E-state index contributed by atoms with van der Waals surface area (Å²) in [6, 6.07) is 6.31. The predicted octanol–water partition coefficient (Wildman–Crippen LogP) is 2.23. The molecule has 3 aliphatic carbocycles. The molecule has 4 amide bonds. The fourth-order valence-electron chi connectivity index (χ4n) is 6.80. The van der Waals surface area contributed by atoms with E-state index in [9.17, 15) is 27.6 Å². The number of rotatable bonds is 11. The Labute approximate surface area is 277 Å². The molecule has 6 rings (SSSR count). The van der Waals surface area contributed by atoms with Gasteiger partial charge in [-0.2, -0.15) is 0 Å². The van der Waals surface area contributed by atoms with Crippen LogP contribution < -0.4 is 15.4 Å². The third kappa shape index (κ3) is 7.20. The molecule has 0 spiro atoms. The number of hydrogen-bond acceptors (Lipinski definition) is 8. The SMILES string of the molecule is C=CC1CC1(NC(=O)C1CC(OC(=O)N2CCc3ccccc3C2)CN1C(=O)C(NCC1CC1)C(C)(C)C)C(=O)NS(=O)(=O)C1CC1. The molecule has 256 valence electrons. The summed E-state index contributed by atoms with van der Waals surface area (Å²) in [6.07, 6.45) is 4.40. The van der Waals surface area contributed by atoms with E-state index >= 15 is 0 Å². The highest BCUT2D eigenvalue weighted by molar-refractivity contribution is 7.91. The van der Waals surface area contributed by atoms with Crippen LogP contribution in [0.15, 0.2) is 36.9 Å². The van der Waals surface area contributed by atoms with Crippen LogP contribution >= 0.6 is 0 Å². The first-order valence-corrected chi connectivity index (χ1v) is 18.3. The van der Waals surface area contributed by atoms with Gasteiger partial charge in [-0.25, -0.2) is 13.2 Å². The van der Waals surface area contributed by atoms with Crippen molar-refractivity contribution >= 4 is 33.8 Å². The van der Waals surface area contributed by atoms with Gasteiger partial charge < -0.3 is 25.2 Å². The van der Waals surface area contributed by atoms with Crippen LogP contribution in [0.25, 0.3) is 0 Å². The fraction of sp³-hybridized carbons (Fsp3) is 0.647. The molecule has 12 nitrogen and oxygen atoms in total. The molecule has 0 radical (unpaired) electrons. The third-order valence-corrected chi connectivity index (χ3v) is 12.0. The summed E-state index contributed by atoms with van der Waals surface area (Å²) in [5.74, 6) is -1.63. The first-order valence-electron chi connectivity index (χ1n) is 16.8. The highest BCUT2D eigenvalue weighted by atomic mass is 32.2. The molecule has 2 heterocycles. The predicted molar refractivity (Wildman–Crippen MR) is 174 cm³/mol. The van der Waals surface area contributed by atoms with Crippen molar-refractivity contribution in [3.8, 4) is 0 Å². The fourth-order valence-corrected chi connectivity index (χ4v) is 8.16. The number of fused-ring (bicyclic) bond motifs is 1. The Morgan fingerprint density at radius 2 is 1.81 bits per heavy atom. The van der Waals surface area contributed by atoms with E-state index < -0.39 is 68.2 Å². The Morgan fingerprint density at radius 3 is 2.43 bits per heavy atom. The van der Waals surface area contributed by atoms with Crippen molar-refractivity contribution in [2.45, 2.75) is 101 Å². The second-order valence-corrected chi connectivity index (χ2v) is 17.0. The number of sulfonamides is 1. The average Bonchev–Trinajstić information content (AvgIpc) is 3.90. The Hall–Kier alpha value is -3.45. The third-order valence-electron chi connectivity index (χ3n) is 10.2. The van der Waals surface area contributed by atoms with Gasteiger partial charge in [0.2, 0.25) is 21.8 Å². The molecule has 1 aromatic rings. The van der Waals surface area contributed by atoms with Crippen molar-refractivity contribution in [3.05, 3.63) is 48.0 Å². The van der Waals surface area contributed by atoms with E-state index in [4.69, 9.17) is 4.74 Å². The molecule has 1 saturated heterocycles. The van der Waals surface area contributed by atoms with Gasteiger partial charge >= 0.3 is 6.09 Å². The van der Waals surface area contributed by atoms with Crippen LogP contribution in [-0.2, 0) is 42.1 Å². The minimum absolute atomic E-state index is 0.0188. The van der Waals surface area contributed by atoms with Crippen LogP contribution in [0.2, 0.25) is 0 Å². The molecular weight excluding hydrogens is 622 g/mol. The van der Waals surface area contributed by atoms with Gasteiger partial charge in [-0.1, -0.05) is 51.1 Å². The van der Waals surface area contributed by atoms with Crippen molar-refractivity contribution in [2.75, 3.05) is 19.6 Å². The number of nitrogens with zero attached hydrogens (tertiary/aromatic N) is 2. The molecule has 5 unspecified atom stereocenters. The van der Waals surface area contributed by atoms with Crippen molar-refractivity contribution in [2.24, 2.45) is 17.3 Å². The van der Waals surface area contributed by atoms with Gasteiger partial charge in [0.05, 0.1) is 17.8 Å². The molecule has 13 heteroatoms. The van der Waals surface area contributed by atoms with E-state index in [1.54, 1.807) is 4.90 Å². The van der Waals surface area contributed by atoms with Crippen LogP contribution in [0.4, 0.5) is 4.79 Å². The number of carbonyl (C=O) groups excluding carboxylic acids is 4. The summed E-state index contributed by atoms with van der Waals surface area (Å²) in [7, 11) is -3.85. The summed E-state index contributed by atoms with van der Waals surface area (Å²) >= 11 is 0. The van der Waals surface area contributed by atoms with E-state index in [2.05, 4.69) is 28.0 Å². The second kappa shape index (κ2) is 12.5. The zero-order valence-corrected chi connectivity index (χ0v) is 28.3. The summed E-state index contributed by atoms with van der Waals surface area (Å²) in [5.41, 5.74) is 0.281. The maximum Gasteiger partial charge on any atom is 0.410 e. The number of ether oxygens (including phenoxy) is 1. The van der Waals surface area contributed by atoms with E-state index in [0.29, 0.717) is 44.8 Å². The number of likely N-dealkylation sites (tertiary alicyclic amines) is 1. The lowest BCUT2D eigenvalue weighted by molar-refractivity contribution is -0.143. The van der Waals surface area contributed by atoms with Crippen LogP contribution in [0.1, 0.15) is 70.4 Å². The lowest BCUT2D eigenvalue weighted by Crippen LogP contribution is -2.59. The van der Waals surface area contributed by atoms with E-state index in [0.717, 1.165) is 18.4 Å². The van der Waals surface area contributed by atoms with Crippen molar-refractivity contribution in [1.82, 2.24) is 25.2 Å². The molecule has 1 aromatic carbocycles. The molecule has 0 bridgehead atoms. The Bertz CT molecular complexity index is 1550. The second-order valence-electron chi connectivity index (χ2n) is 15.0. The summed E-state index contributed by atoms with van der Waals surface area (Å²) < 4.78 is 33.3. The maximum absolute atomic E-state index is 14.3. The molecule has 5 aliphatic rings. The van der Waals surface area contributed by atoms with Crippen LogP contribution in [0, 0.1) is 17.3 Å². The Morgan fingerprint density at radius 1 is 1.11 bits per heavy atom. The molecule has 0 aromatic heterocycles. The minimum atomic E-state index is -3.85. The molecule has 2 aliphatic heterocycles. The van der Waals surface area contributed by atoms with Gasteiger partial charge in [-0.05, 0) is 67.5 Å². The summed E-state index contributed by atoms with van der Waals surface area (Å²) in [5, 5.41) is 5.63. The normalized spacial score (nSPS) is 27.8. The van der Waals surface area contributed by atoms with Crippen molar-refractivity contribution in [1.29, 1.82) is 0 Å². The average molecular weight is 670 g/mol. The molecule has 3 saturated carbocycles. The smallest absolute Gasteiger partial charge is 0.410 e. The van der Waals surface area contributed by atoms with Crippen molar-refractivity contribution < 1.29 is 32.3 Å².